The maximum absolute atomic E-state index is 14.4. The Morgan fingerprint density at radius 1 is 0.925 bits per heavy atom. The number of ether oxygens (including phenoxy) is 6. The molecule has 298 valence electrons. The highest BCUT2D eigenvalue weighted by Gasteiger charge is 2.69. The molecule has 0 aromatic heterocycles. The van der Waals surface area contributed by atoms with Gasteiger partial charge in [0.25, 0.3) is 0 Å². The molecule has 0 aromatic rings. The fourth-order valence-electron chi connectivity index (χ4n) is 11.0. The van der Waals surface area contributed by atoms with Gasteiger partial charge in [-0.25, -0.2) is 0 Å². The van der Waals surface area contributed by atoms with Crippen LogP contribution in [0.4, 0.5) is 0 Å². The van der Waals surface area contributed by atoms with Gasteiger partial charge in [0.15, 0.2) is 18.4 Å². The minimum Gasteiger partial charge on any atom is -0.396 e. The summed E-state index contributed by atoms with van der Waals surface area (Å²) >= 11 is 0. The van der Waals surface area contributed by atoms with Gasteiger partial charge >= 0.3 is 0 Å². The molecule has 4 saturated heterocycles. The van der Waals surface area contributed by atoms with E-state index in [0.717, 1.165) is 11.1 Å². The third-order valence-electron chi connectivity index (χ3n) is 14.0. The summed E-state index contributed by atoms with van der Waals surface area (Å²) in [6.07, 6.45) is -13.5. The molecule has 16 nitrogen and oxygen atoms in total. The molecule has 0 radical (unpaired) electrons. The van der Waals surface area contributed by atoms with Crippen molar-refractivity contribution < 1.29 is 79.2 Å². The van der Waals surface area contributed by atoms with E-state index >= 15 is 0 Å². The van der Waals surface area contributed by atoms with Gasteiger partial charge < -0.3 is 74.4 Å². The molecule has 0 bridgehead atoms. The molecule has 8 rings (SSSR count). The fourth-order valence-corrected chi connectivity index (χ4v) is 11.0. The summed E-state index contributed by atoms with van der Waals surface area (Å²) < 4.78 is 36.5. The number of hydrogen-bond acceptors (Lipinski definition) is 16. The van der Waals surface area contributed by atoms with Crippen molar-refractivity contribution in [1.29, 1.82) is 0 Å². The van der Waals surface area contributed by atoms with E-state index in [4.69, 9.17) is 28.4 Å². The van der Waals surface area contributed by atoms with Crippen molar-refractivity contribution in [1.82, 2.24) is 0 Å². The molecule has 16 heteroatoms. The number of carbonyl (C=O) groups excluding carboxylic acids is 1. The molecule has 1 spiro atoms. The first-order chi connectivity index (χ1) is 25.1. The fraction of sp³-hybridized carbons (Fsp3) is 0.865. The minimum atomic E-state index is -1.71. The van der Waals surface area contributed by atoms with Crippen molar-refractivity contribution in [2.75, 3.05) is 19.8 Å². The largest absolute Gasteiger partial charge is 0.396 e. The van der Waals surface area contributed by atoms with E-state index in [0.29, 0.717) is 31.3 Å². The summed E-state index contributed by atoms with van der Waals surface area (Å²) in [5.41, 5.74) is 1.76. The predicted molar refractivity (Wildman–Crippen MR) is 177 cm³/mol. The summed E-state index contributed by atoms with van der Waals surface area (Å²) in [5, 5.41) is 96.6. The number of hydrogen-bond donors (Lipinski definition) is 9. The molecule has 21 atom stereocenters. The van der Waals surface area contributed by atoms with Gasteiger partial charge in [-0.1, -0.05) is 31.1 Å². The van der Waals surface area contributed by atoms with Crippen molar-refractivity contribution in [3.8, 4) is 0 Å². The topological polar surface area (TPSA) is 255 Å². The normalized spacial score (nSPS) is 55.4. The first-order valence-electron chi connectivity index (χ1n) is 19.1. The maximum Gasteiger partial charge on any atom is 0.203 e. The van der Waals surface area contributed by atoms with Crippen LogP contribution >= 0.6 is 0 Å². The minimum absolute atomic E-state index is 0.100. The lowest BCUT2D eigenvalue weighted by atomic mass is 9.51. The summed E-state index contributed by atoms with van der Waals surface area (Å²) in [4.78, 5) is 14.4. The first kappa shape index (κ1) is 38.4. The third kappa shape index (κ3) is 5.70. The van der Waals surface area contributed by atoms with Gasteiger partial charge in [0.1, 0.15) is 48.8 Å². The lowest BCUT2D eigenvalue weighted by Crippen LogP contribution is -2.63. The zero-order chi connectivity index (χ0) is 37.9. The SMILES string of the molecule is CC1COC2(OC3C(=O)C4=C(CCC5C4CC=C4CC(O)CC(OC6OCC(O)C(O)C6OC6OC(C)C(O)C(O)C6O)C45C)C3C2CO)C(O)C1O. The van der Waals surface area contributed by atoms with Crippen molar-refractivity contribution in [2.45, 2.75) is 144 Å². The highest BCUT2D eigenvalue weighted by atomic mass is 16.8. The molecule has 5 fully saturated rings. The summed E-state index contributed by atoms with van der Waals surface area (Å²) in [7, 11) is 0. The molecule has 4 aliphatic heterocycles. The van der Waals surface area contributed by atoms with Gasteiger partial charge in [-0.15, -0.1) is 0 Å². The second-order valence-electron chi connectivity index (χ2n) is 16.9. The average molecular weight is 755 g/mol. The maximum atomic E-state index is 14.4. The van der Waals surface area contributed by atoms with Crippen LogP contribution in [-0.2, 0) is 33.2 Å². The highest BCUT2D eigenvalue weighted by molar-refractivity contribution is 6.04. The van der Waals surface area contributed by atoms with E-state index < -0.39 is 115 Å². The highest BCUT2D eigenvalue weighted by Crippen LogP contribution is 2.64. The molecule has 21 unspecified atom stereocenters. The van der Waals surface area contributed by atoms with Gasteiger partial charge in [-0.2, -0.15) is 0 Å². The molecular weight excluding hydrogens is 700 g/mol. The Hall–Kier alpha value is -1.45. The van der Waals surface area contributed by atoms with E-state index in [-0.39, 0.29) is 43.2 Å². The van der Waals surface area contributed by atoms with Crippen LogP contribution in [0.1, 0.15) is 52.9 Å². The van der Waals surface area contributed by atoms with Crippen LogP contribution in [0, 0.1) is 35.0 Å². The first-order valence-corrected chi connectivity index (χ1v) is 19.1. The van der Waals surface area contributed by atoms with E-state index in [1.54, 1.807) is 6.92 Å². The van der Waals surface area contributed by atoms with Crippen LogP contribution in [-0.4, -0.2) is 163 Å². The number of Topliss-reactive ketones (excluding diaryl/α,β-unsaturated/α-hetero) is 1. The van der Waals surface area contributed by atoms with Crippen LogP contribution in [0.3, 0.4) is 0 Å². The van der Waals surface area contributed by atoms with Gasteiger partial charge in [0.2, 0.25) is 5.79 Å². The van der Waals surface area contributed by atoms with Crippen molar-refractivity contribution in [3.63, 3.8) is 0 Å². The Kier molecular flexibility index (Phi) is 10.1. The Labute approximate surface area is 306 Å². The van der Waals surface area contributed by atoms with E-state index in [2.05, 4.69) is 6.08 Å². The monoisotopic (exact) mass is 754 g/mol. The Morgan fingerprint density at radius 3 is 2.42 bits per heavy atom. The summed E-state index contributed by atoms with van der Waals surface area (Å²) in [5.74, 6) is -3.98. The standard InChI is InChI=1S/C37H54O16/c1-13-11-49-37(33(47)25(13)41)20(10-38)24-18-6-7-19-17(23(18)28(44)31(24)53-37)5-4-15-8-16(39)9-22(36(15,19)3)51-35-32(27(43)21(40)12-48-35)52-34-30(46)29(45)26(42)14(2)50-34/h4,13-14,16-17,19-22,24-27,29-35,38-43,45-47H,5-12H2,1-3H3. The molecule has 4 aliphatic carbocycles. The molecule has 0 aromatic carbocycles. The smallest absolute Gasteiger partial charge is 0.203 e. The van der Waals surface area contributed by atoms with Gasteiger partial charge in [0, 0.05) is 35.2 Å². The molecule has 8 aliphatic rings. The number of aliphatic hydroxyl groups is 9. The Morgan fingerprint density at radius 2 is 1.68 bits per heavy atom. The van der Waals surface area contributed by atoms with Crippen molar-refractivity contribution >= 4 is 5.78 Å². The zero-order valence-corrected chi connectivity index (χ0v) is 30.1. The summed E-state index contributed by atoms with van der Waals surface area (Å²) in [6.45, 7) is 4.67. The van der Waals surface area contributed by atoms with Gasteiger partial charge in [-0.05, 0) is 44.4 Å². The molecule has 1 saturated carbocycles. The number of ketones is 1. The van der Waals surface area contributed by atoms with E-state index in [1.165, 1.54) is 6.92 Å². The molecular formula is C37H54O16. The molecule has 53 heavy (non-hydrogen) atoms. The van der Waals surface area contributed by atoms with Gasteiger partial charge in [-0.3, -0.25) is 4.79 Å². The van der Waals surface area contributed by atoms with Crippen molar-refractivity contribution in [2.24, 2.45) is 35.0 Å². The van der Waals surface area contributed by atoms with Crippen molar-refractivity contribution in [3.05, 3.63) is 22.8 Å². The van der Waals surface area contributed by atoms with Gasteiger partial charge in [0.05, 0.1) is 44.2 Å². The molecule has 0 amide bonds. The third-order valence-corrected chi connectivity index (χ3v) is 14.0. The molecule has 4 heterocycles. The van der Waals surface area contributed by atoms with Crippen LogP contribution in [0.2, 0.25) is 0 Å². The predicted octanol–water partition coefficient (Wildman–Crippen LogP) is -2.23. The average Bonchev–Trinajstić information content (AvgIpc) is 3.61. The van der Waals surface area contributed by atoms with Crippen LogP contribution in [0.15, 0.2) is 22.8 Å². The lowest BCUT2D eigenvalue weighted by Gasteiger charge is -2.56. The van der Waals surface area contributed by atoms with Crippen LogP contribution < -0.4 is 0 Å². The molecule has 9 N–H and O–H groups in total. The number of carbonyl (C=O) groups is 1. The quantitative estimate of drug-likeness (QED) is 0.135. The van der Waals surface area contributed by atoms with Crippen LogP contribution in [0.5, 0.6) is 0 Å². The lowest BCUT2D eigenvalue weighted by molar-refractivity contribution is -0.362. The van der Waals surface area contributed by atoms with Crippen LogP contribution in [0.25, 0.3) is 0 Å². The second kappa shape index (κ2) is 13.9. The number of fused-ring (bicyclic) bond motifs is 6. The summed E-state index contributed by atoms with van der Waals surface area (Å²) in [6, 6.07) is 0. The Balaban J connectivity index is 1.08. The van der Waals surface area contributed by atoms with E-state index in [1.807, 2.05) is 6.92 Å². The number of aliphatic hydroxyl groups excluding tert-OH is 9. The Bertz CT molecular complexity index is 1490. The van der Waals surface area contributed by atoms with E-state index in [9.17, 15) is 50.8 Å². The number of rotatable bonds is 5. The second-order valence-corrected chi connectivity index (χ2v) is 16.9. The number of allylic oxidation sites excluding steroid dienone is 1. The zero-order valence-electron chi connectivity index (χ0n) is 30.1.